The van der Waals surface area contributed by atoms with E-state index >= 15 is 0 Å². The molecule has 0 aliphatic heterocycles. The summed E-state index contributed by atoms with van der Waals surface area (Å²) in [5, 5.41) is 0. The minimum absolute atomic E-state index is 0.0944. The molecule has 2 rings (SSSR count). The summed E-state index contributed by atoms with van der Waals surface area (Å²) in [5.41, 5.74) is 0.144. The Balaban J connectivity index is 2.20. The second-order valence-corrected chi connectivity index (χ2v) is 6.93. The molecule has 2 nitrogen and oxygen atoms in total. The van der Waals surface area contributed by atoms with Crippen LogP contribution in [0.5, 0.6) is 0 Å². The summed E-state index contributed by atoms with van der Waals surface area (Å²) >= 11 is 1.75. The van der Waals surface area contributed by atoms with Crippen molar-refractivity contribution in [1.29, 1.82) is 0 Å². The summed E-state index contributed by atoms with van der Waals surface area (Å²) < 4.78 is 0. The number of thiophene rings is 1. The third kappa shape index (κ3) is 2.83. The molecular formula is C14H18O2S. The highest BCUT2D eigenvalue weighted by atomic mass is 32.1. The van der Waals surface area contributed by atoms with Crippen LogP contribution in [-0.4, -0.2) is 11.6 Å². The van der Waals surface area contributed by atoms with E-state index in [1.54, 1.807) is 11.3 Å². The molecule has 1 saturated carbocycles. The maximum absolute atomic E-state index is 11.4. The van der Waals surface area contributed by atoms with Gasteiger partial charge in [-0.25, -0.2) is 0 Å². The van der Waals surface area contributed by atoms with E-state index in [2.05, 4.69) is 32.9 Å². The van der Waals surface area contributed by atoms with Crippen molar-refractivity contribution < 1.29 is 9.59 Å². The third-order valence-electron chi connectivity index (χ3n) is 3.11. The van der Waals surface area contributed by atoms with Crippen LogP contribution in [0.1, 0.15) is 55.7 Å². The van der Waals surface area contributed by atoms with E-state index < -0.39 is 0 Å². The van der Waals surface area contributed by atoms with Crippen molar-refractivity contribution in [1.82, 2.24) is 0 Å². The molecule has 1 aromatic rings. The number of hydrogen-bond donors (Lipinski definition) is 0. The van der Waals surface area contributed by atoms with Crippen molar-refractivity contribution in [3.63, 3.8) is 0 Å². The van der Waals surface area contributed by atoms with Crippen LogP contribution in [0.2, 0.25) is 0 Å². The zero-order valence-corrected chi connectivity index (χ0v) is 11.4. The Bertz CT molecular complexity index is 435. The molecule has 3 heteroatoms. The van der Waals surface area contributed by atoms with Crippen LogP contribution in [0.25, 0.3) is 0 Å². The summed E-state index contributed by atoms with van der Waals surface area (Å²) in [6.45, 7) is 6.54. The van der Waals surface area contributed by atoms with Crippen LogP contribution >= 0.6 is 11.3 Å². The Morgan fingerprint density at radius 3 is 2.18 bits per heavy atom. The summed E-state index contributed by atoms with van der Waals surface area (Å²) in [4.78, 5) is 25.4. The zero-order chi connectivity index (χ0) is 12.6. The van der Waals surface area contributed by atoms with Crippen molar-refractivity contribution in [2.24, 2.45) is 0 Å². The lowest BCUT2D eigenvalue weighted by Crippen LogP contribution is -2.20. The normalized spacial score (nSPS) is 18.8. The standard InChI is InChI=1S/C14H18O2S/c1-14(2,3)13-5-4-12(17-13)9-6-10(15)8-11(16)7-9/h4-5,9H,6-8H2,1-3H3. The molecule has 0 radical (unpaired) electrons. The predicted molar refractivity (Wildman–Crippen MR) is 69.6 cm³/mol. The Morgan fingerprint density at radius 2 is 1.71 bits per heavy atom. The first-order valence-corrected chi connectivity index (χ1v) is 6.81. The minimum Gasteiger partial charge on any atom is -0.299 e. The van der Waals surface area contributed by atoms with Gasteiger partial charge in [0.15, 0.2) is 0 Å². The van der Waals surface area contributed by atoms with Gasteiger partial charge in [-0.2, -0.15) is 0 Å². The predicted octanol–water partition coefficient (Wildman–Crippen LogP) is 3.45. The molecule has 1 aliphatic carbocycles. The smallest absolute Gasteiger partial charge is 0.140 e. The largest absolute Gasteiger partial charge is 0.299 e. The highest BCUT2D eigenvalue weighted by Crippen LogP contribution is 2.37. The average molecular weight is 250 g/mol. The third-order valence-corrected chi connectivity index (χ3v) is 4.78. The molecule has 0 amide bonds. The van der Waals surface area contributed by atoms with Crippen LogP contribution in [0.3, 0.4) is 0 Å². The fourth-order valence-electron chi connectivity index (χ4n) is 2.16. The second-order valence-electron chi connectivity index (χ2n) is 5.81. The summed E-state index contributed by atoms with van der Waals surface area (Å²) in [6.07, 6.45) is 1.22. The Kier molecular flexibility index (Phi) is 3.21. The van der Waals surface area contributed by atoms with Gasteiger partial charge < -0.3 is 0 Å². The lowest BCUT2D eigenvalue weighted by atomic mass is 9.86. The molecule has 1 heterocycles. The fraction of sp³-hybridized carbons (Fsp3) is 0.571. The van der Waals surface area contributed by atoms with Crippen molar-refractivity contribution in [3.8, 4) is 0 Å². The van der Waals surface area contributed by atoms with Gasteiger partial charge in [-0.05, 0) is 17.5 Å². The molecule has 0 unspecified atom stereocenters. The van der Waals surface area contributed by atoms with E-state index in [-0.39, 0.29) is 29.3 Å². The number of Topliss-reactive ketones (excluding diaryl/α,β-unsaturated/α-hetero) is 2. The number of carbonyl (C=O) groups excluding carboxylic acids is 2. The fourth-order valence-corrected chi connectivity index (χ4v) is 3.33. The van der Waals surface area contributed by atoms with Crippen molar-refractivity contribution in [3.05, 3.63) is 21.9 Å². The quantitative estimate of drug-likeness (QED) is 0.715. The zero-order valence-electron chi connectivity index (χ0n) is 10.6. The van der Waals surface area contributed by atoms with Crippen molar-refractivity contribution in [2.75, 3.05) is 0 Å². The van der Waals surface area contributed by atoms with Crippen LogP contribution in [0.4, 0.5) is 0 Å². The molecular weight excluding hydrogens is 232 g/mol. The van der Waals surface area contributed by atoms with E-state index in [1.807, 2.05) is 0 Å². The maximum Gasteiger partial charge on any atom is 0.140 e. The average Bonchev–Trinajstić information content (AvgIpc) is 2.63. The molecule has 0 atom stereocenters. The summed E-state index contributed by atoms with van der Waals surface area (Å²) in [7, 11) is 0. The minimum atomic E-state index is 0.0944. The lowest BCUT2D eigenvalue weighted by molar-refractivity contribution is -0.130. The SMILES string of the molecule is CC(C)(C)c1ccc(C2CC(=O)CC(=O)C2)s1. The highest BCUT2D eigenvalue weighted by molar-refractivity contribution is 7.12. The first-order chi connectivity index (χ1) is 7.86. The van der Waals surface area contributed by atoms with Gasteiger partial charge in [-0.1, -0.05) is 20.8 Å². The molecule has 0 aromatic carbocycles. The van der Waals surface area contributed by atoms with E-state index in [0.717, 1.165) is 0 Å². The van der Waals surface area contributed by atoms with Crippen molar-refractivity contribution >= 4 is 22.9 Å². The first-order valence-electron chi connectivity index (χ1n) is 6.00. The lowest BCUT2D eigenvalue weighted by Gasteiger charge is -2.19. The van der Waals surface area contributed by atoms with Gasteiger partial charge in [-0.3, -0.25) is 9.59 Å². The van der Waals surface area contributed by atoms with Crippen LogP contribution in [-0.2, 0) is 15.0 Å². The Labute approximate surface area is 106 Å². The molecule has 0 N–H and O–H groups in total. The summed E-state index contributed by atoms with van der Waals surface area (Å²) in [6, 6.07) is 4.21. The van der Waals surface area contributed by atoms with Crippen LogP contribution in [0.15, 0.2) is 12.1 Å². The monoisotopic (exact) mass is 250 g/mol. The van der Waals surface area contributed by atoms with Gasteiger partial charge in [0.25, 0.3) is 0 Å². The molecule has 1 aromatic heterocycles. The molecule has 17 heavy (non-hydrogen) atoms. The van der Waals surface area contributed by atoms with E-state index in [0.29, 0.717) is 12.8 Å². The molecule has 0 saturated heterocycles. The van der Waals surface area contributed by atoms with Gasteiger partial charge in [0.1, 0.15) is 11.6 Å². The molecule has 1 aliphatic rings. The van der Waals surface area contributed by atoms with Gasteiger partial charge in [-0.15, -0.1) is 11.3 Å². The van der Waals surface area contributed by atoms with Gasteiger partial charge >= 0.3 is 0 Å². The van der Waals surface area contributed by atoms with Gasteiger partial charge in [0, 0.05) is 28.5 Å². The van der Waals surface area contributed by atoms with Gasteiger partial charge in [0.05, 0.1) is 6.42 Å². The van der Waals surface area contributed by atoms with E-state index in [9.17, 15) is 9.59 Å². The Morgan fingerprint density at radius 1 is 1.12 bits per heavy atom. The maximum atomic E-state index is 11.4. The number of ketones is 2. The highest BCUT2D eigenvalue weighted by Gasteiger charge is 2.28. The van der Waals surface area contributed by atoms with Crippen molar-refractivity contribution in [2.45, 2.75) is 51.4 Å². The molecule has 0 spiro atoms. The Hall–Kier alpha value is -0.960. The first kappa shape index (κ1) is 12.5. The van der Waals surface area contributed by atoms with Crippen LogP contribution in [0, 0.1) is 0 Å². The second kappa shape index (κ2) is 4.37. The summed E-state index contributed by atoms with van der Waals surface area (Å²) in [5.74, 6) is 0.318. The number of hydrogen-bond acceptors (Lipinski definition) is 3. The molecule has 1 fully saturated rings. The van der Waals surface area contributed by atoms with Gasteiger partial charge in [0.2, 0.25) is 0 Å². The molecule has 92 valence electrons. The van der Waals surface area contributed by atoms with E-state index in [4.69, 9.17) is 0 Å². The molecule has 0 bridgehead atoms. The van der Waals surface area contributed by atoms with E-state index in [1.165, 1.54) is 9.75 Å². The van der Waals surface area contributed by atoms with Crippen LogP contribution < -0.4 is 0 Å². The number of carbonyl (C=O) groups is 2. The topological polar surface area (TPSA) is 34.1 Å². The number of rotatable bonds is 1.